The molecule has 0 heterocycles. The van der Waals surface area contributed by atoms with Crippen molar-refractivity contribution in [3.8, 4) is 0 Å². The minimum absolute atomic E-state index is 0.0779. The summed E-state index contributed by atoms with van der Waals surface area (Å²) in [5.74, 6) is -0.921. The van der Waals surface area contributed by atoms with E-state index in [1.165, 1.54) is 0 Å². The van der Waals surface area contributed by atoms with Crippen molar-refractivity contribution in [2.75, 3.05) is 6.61 Å². The Balaban J connectivity index is 3.23. The Labute approximate surface area is 122 Å². The molecule has 20 heavy (non-hydrogen) atoms. The molecule has 3 heteroatoms. The van der Waals surface area contributed by atoms with Crippen molar-refractivity contribution < 1.29 is 14.6 Å². The largest absolute Gasteiger partial charge is 0.466 e. The lowest BCUT2D eigenvalue weighted by atomic mass is 9.72. The lowest BCUT2D eigenvalue weighted by molar-refractivity contribution is -0.164. The fraction of sp³-hybridized carbons (Fsp3) is 0.588. The quantitative estimate of drug-likeness (QED) is 0.776. The van der Waals surface area contributed by atoms with Gasteiger partial charge in [-0.3, -0.25) is 4.79 Å². The topological polar surface area (TPSA) is 46.5 Å². The molecule has 0 saturated heterocycles. The van der Waals surface area contributed by atoms with E-state index in [0.717, 1.165) is 12.0 Å². The number of carbonyl (C=O) groups excluding carboxylic acids is 1. The minimum atomic E-state index is -1.19. The highest BCUT2D eigenvalue weighted by atomic mass is 16.5. The van der Waals surface area contributed by atoms with Crippen molar-refractivity contribution in [1.82, 2.24) is 0 Å². The van der Waals surface area contributed by atoms with E-state index in [2.05, 4.69) is 0 Å². The molecule has 0 fully saturated rings. The lowest BCUT2D eigenvalue weighted by Gasteiger charge is -2.38. The van der Waals surface area contributed by atoms with Crippen LogP contribution in [0.25, 0.3) is 0 Å². The number of esters is 1. The molecule has 0 aromatic heterocycles. The average Bonchev–Trinajstić information content (AvgIpc) is 2.45. The van der Waals surface area contributed by atoms with Gasteiger partial charge in [-0.1, -0.05) is 57.5 Å². The number of ether oxygens (including phenoxy) is 1. The van der Waals surface area contributed by atoms with Crippen molar-refractivity contribution in [2.45, 2.75) is 46.1 Å². The fourth-order valence-electron chi connectivity index (χ4n) is 2.69. The highest BCUT2D eigenvalue weighted by Crippen LogP contribution is 2.40. The summed E-state index contributed by atoms with van der Waals surface area (Å²) < 4.78 is 5.18. The molecule has 2 atom stereocenters. The van der Waals surface area contributed by atoms with Gasteiger partial charge in [-0.25, -0.2) is 0 Å². The Morgan fingerprint density at radius 3 is 2.30 bits per heavy atom. The summed E-state index contributed by atoms with van der Waals surface area (Å²) in [7, 11) is 0. The second-order valence-electron chi connectivity index (χ2n) is 5.44. The van der Waals surface area contributed by atoms with Crippen molar-refractivity contribution in [1.29, 1.82) is 0 Å². The summed E-state index contributed by atoms with van der Waals surface area (Å²) in [4.78, 5) is 12.3. The molecule has 1 N–H and O–H groups in total. The summed E-state index contributed by atoms with van der Waals surface area (Å²) in [6.45, 7) is 8.02. The highest BCUT2D eigenvalue weighted by Gasteiger charge is 2.45. The van der Waals surface area contributed by atoms with Crippen LogP contribution in [0.1, 0.15) is 46.1 Å². The summed E-state index contributed by atoms with van der Waals surface area (Å²) in [6.07, 6.45) is 1.44. The molecule has 0 aliphatic carbocycles. The van der Waals surface area contributed by atoms with E-state index in [1.807, 2.05) is 51.1 Å². The molecule has 0 radical (unpaired) electrons. The first-order valence-electron chi connectivity index (χ1n) is 7.42. The smallest absolute Gasteiger partial charge is 0.312 e. The minimum Gasteiger partial charge on any atom is -0.466 e. The number of carbonyl (C=O) groups is 1. The maximum atomic E-state index is 12.3. The van der Waals surface area contributed by atoms with Crippen LogP contribution in [0.3, 0.4) is 0 Å². The summed E-state index contributed by atoms with van der Waals surface area (Å²) in [5, 5.41) is 11.2. The molecule has 1 aromatic rings. The van der Waals surface area contributed by atoms with Crippen LogP contribution < -0.4 is 0 Å². The van der Waals surface area contributed by atoms with Crippen molar-refractivity contribution in [3.05, 3.63) is 35.9 Å². The molecule has 112 valence electrons. The predicted molar refractivity (Wildman–Crippen MR) is 80.2 cm³/mol. The number of aliphatic hydroxyl groups is 1. The lowest BCUT2D eigenvalue weighted by Crippen LogP contribution is -2.45. The van der Waals surface area contributed by atoms with E-state index in [1.54, 1.807) is 6.92 Å². The summed E-state index contributed by atoms with van der Waals surface area (Å²) in [6, 6.07) is 9.43. The number of hydrogen-bond donors (Lipinski definition) is 1. The first kappa shape index (κ1) is 16.7. The SMILES string of the molecule is CCCC(C(=O)OCC)C(O)(c1ccccc1)C(C)C. The predicted octanol–water partition coefficient (Wildman–Crippen LogP) is 3.51. The number of rotatable bonds is 7. The Kier molecular flexibility index (Phi) is 6.21. The van der Waals surface area contributed by atoms with Gasteiger partial charge in [0.15, 0.2) is 0 Å². The van der Waals surface area contributed by atoms with Gasteiger partial charge in [0.25, 0.3) is 0 Å². The maximum Gasteiger partial charge on any atom is 0.312 e. The van der Waals surface area contributed by atoms with Crippen molar-refractivity contribution in [3.63, 3.8) is 0 Å². The zero-order chi connectivity index (χ0) is 15.2. The van der Waals surface area contributed by atoms with E-state index in [9.17, 15) is 9.90 Å². The molecule has 0 aliphatic rings. The maximum absolute atomic E-state index is 12.3. The standard InChI is InChI=1S/C17H26O3/c1-5-10-15(16(18)20-6-2)17(19,13(3)4)14-11-8-7-9-12-14/h7-9,11-13,15,19H,5-6,10H2,1-4H3. The van der Waals surface area contributed by atoms with Crippen LogP contribution in [0.15, 0.2) is 30.3 Å². The van der Waals surface area contributed by atoms with E-state index in [-0.39, 0.29) is 11.9 Å². The van der Waals surface area contributed by atoms with Crippen molar-refractivity contribution >= 4 is 5.97 Å². The molecule has 0 aliphatic heterocycles. The fourth-order valence-corrected chi connectivity index (χ4v) is 2.69. The van der Waals surface area contributed by atoms with Gasteiger partial charge in [-0.05, 0) is 24.8 Å². The van der Waals surface area contributed by atoms with E-state index in [0.29, 0.717) is 13.0 Å². The zero-order valence-corrected chi connectivity index (χ0v) is 12.9. The Morgan fingerprint density at radius 2 is 1.85 bits per heavy atom. The van der Waals surface area contributed by atoms with Gasteiger partial charge >= 0.3 is 5.97 Å². The van der Waals surface area contributed by atoms with Gasteiger partial charge in [-0.15, -0.1) is 0 Å². The van der Waals surface area contributed by atoms with Gasteiger partial charge in [0.1, 0.15) is 5.60 Å². The zero-order valence-electron chi connectivity index (χ0n) is 12.9. The molecular weight excluding hydrogens is 252 g/mol. The Bertz CT molecular complexity index is 414. The summed E-state index contributed by atoms with van der Waals surface area (Å²) in [5.41, 5.74) is -0.412. The first-order chi connectivity index (χ1) is 9.48. The highest BCUT2D eigenvalue weighted by molar-refractivity contribution is 5.74. The second kappa shape index (κ2) is 7.44. The van der Waals surface area contributed by atoms with E-state index >= 15 is 0 Å². The molecule has 0 saturated carbocycles. The molecule has 3 nitrogen and oxygen atoms in total. The van der Waals surface area contributed by atoms with Gasteiger partial charge < -0.3 is 9.84 Å². The van der Waals surface area contributed by atoms with Crippen LogP contribution in [-0.2, 0) is 15.1 Å². The van der Waals surface area contributed by atoms with Crippen LogP contribution in [0.4, 0.5) is 0 Å². The number of hydrogen-bond acceptors (Lipinski definition) is 3. The Hall–Kier alpha value is -1.35. The van der Waals surface area contributed by atoms with E-state index in [4.69, 9.17) is 4.74 Å². The molecule has 1 rings (SSSR count). The van der Waals surface area contributed by atoms with Gasteiger partial charge in [0.05, 0.1) is 12.5 Å². The van der Waals surface area contributed by atoms with E-state index < -0.39 is 11.5 Å². The third-order valence-electron chi connectivity index (χ3n) is 3.80. The Morgan fingerprint density at radius 1 is 1.25 bits per heavy atom. The molecule has 2 unspecified atom stereocenters. The van der Waals surface area contributed by atoms with Gasteiger partial charge in [0, 0.05) is 0 Å². The van der Waals surface area contributed by atoms with Crippen LogP contribution in [0.2, 0.25) is 0 Å². The third kappa shape index (κ3) is 3.40. The van der Waals surface area contributed by atoms with Crippen LogP contribution in [-0.4, -0.2) is 17.7 Å². The van der Waals surface area contributed by atoms with Crippen LogP contribution in [0.5, 0.6) is 0 Å². The molecule has 1 aromatic carbocycles. The van der Waals surface area contributed by atoms with Crippen LogP contribution in [0, 0.1) is 11.8 Å². The first-order valence-corrected chi connectivity index (χ1v) is 7.42. The number of benzene rings is 1. The van der Waals surface area contributed by atoms with Gasteiger partial charge in [0.2, 0.25) is 0 Å². The van der Waals surface area contributed by atoms with Crippen molar-refractivity contribution in [2.24, 2.45) is 11.8 Å². The molecule has 0 spiro atoms. The molecule has 0 amide bonds. The second-order valence-corrected chi connectivity index (χ2v) is 5.44. The third-order valence-corrected chi connectivity index (χ3v) is 3.80. The summed E-state index contributed by atoms with van der Waals surface area (Å²) >= 11 is 0. The molecular formula is C17H26O3. The molecule has 0 bridgehead atoms. The normalized spacial score (nSPS) is 15.7. The average molecular weight is 278 g/mol. The monoisotopic (exact) mass is 278 g/mol. The van der Waals surface area contributed by atoms with Gasteiger partial charge in [-0.2, -0.15) is 0 Å². The van der Waals surface area contributed by atoms with Crippen LogP contribution >= 0.6 is 0 Å².